The summed E-state index contributed by atoms with van der Waals surface area (Å²) in [6.07, 6.45) is -0.0142. The number of hydrogen-bond acceptors (Lipinski definition) is 6. The summed E-state index contributed by atoms with van der Waals surface area (Å²) >= 11 is 1.37. The Morgan fingerprint density at radius 3 is 2.76 bits per heavy atom. The molecule has 0 aromatic carbocycles. The lowest BCUT2D eigenvalue weighted by atomic mass is 10.2. The van der Waals surface area contributed by atoms with Crippen molar-refractivity contribution in [2.45, 2.75) is 32.9 Å². The molecule has 0 fully saturated rings. The van der Waals surface area contributed by atoms with E-state index in [9.17, 15) is 9.90 Å². The summed E-state index contributed by atoms with van der Waals surface area (Å²) < 4.78 is 5.53. The maximum atomic E-state index is 11.4. The number of hydrogen-bond donors (Lipinski definition) is 2. The van der Waals surface area contributed by atoms with E-state index >= 15 is 0 Å². The van der Waals surface area contributed by atoms with Crippen LogP contribution in [0.15, 0.2) is 23.6 Å². The van der Waals surface area contributed by atoms with Crippen molar-refractivity contribution in [2.24, 2.45) is 0 Å². The number of rotatable bonds is 6. The van der Waals surface area contributed by atoms with E-state index in [4.69, 9.17) is 4.74 Å². The average molecular weight is 307 g/mol. The summed E-state index contributed by atoms with van der Waals surface area (Å²) in [5.41, 5.74) is 0.707. The van der Waals surface area contributed by atoms with Crippen molar-refractivity contribution in [2.75, 3.05) is 5.32 Å². The average Bonchev–Trinajstić information content (AvgIpc) is 2.87. The van der Waals surface area contributed by atoms with Crippen molar-refractivity contribution < 1.29 is 14.6 Å². The van der Waals surface area contributed by atoms with Crippen LogP contribution in [0.5, 0.6) is 5.88 Å². The van der Waals surface area contributed by atoms with Crippen LogP contribution in [0.2, 0.25) is 0 Å². The van der Waals surface area contributed by atoms with Crippen molar-refractivity contribution in [3.8, 4) is 5.88 Å². The molecule has 2 rings (SSSR count). The highest BCUT2D eigenvalue weighted by Gasteiger charge is 2.22. The minimum Gasteiger partial charge on any atom is -0.479 e. The zero-order valence-corrected chi connectivity index (χ0v) is 12.8. The molecule has 7 heteroatoms. The normalized spacial score (nSPS) is 12.2. The second-order valence-electron chi connectivity index (χ2n) is 4.77. The summed E-state index contributed by atoms with van der Waals surface area (Å²) in [7, 11) is 0. The Morgan fingerprint density at radius 2 is 2.19 bits per heavy atom. The molecule has 0 saturated carbocycles. The van der Waals surface area contributed by atoms with Gasteiger partial charge in [0, 0.05) is 16.6 Å². The zero-order valence-electron chi connectivity index (χ0n) is 12.0. The van der Waals surface area contributed by atoms with E-state index in [1.165, 1.54) is 11.3 Å². The number of carboxylic acid groups (broad SMARTS) is 1. The van der Waals surface area contributed by atoms with Crippen molar-refractivity contribution in [3.63, 3.8) is 0 Å². The number of nitrogens with one attached hydrogen (secondary N) is 1. The molecule has 1 unspecified atom stereocenters. The zero-order chi connectivity index (χ0) is 15.4. The molecule has 2 N–H and O–H groups in total. The van der Waals surface area contributed by atoms with Crippen molar-refractivity contribution in [1.82, 2.24) is 9.97 Å². The third kappa shape index (κ3) is 4.16. The molecule has 0 bridgehead atoms. The van der Waals surface area contributed by atoms with E-state index in [1.54, 1.807) is 19.1 Å². The maximum Gasteiger partial charge on any atom is 0.331 e. The van der Waals surface area contributed by atoms with Crippen LogP contribution in [0, 0.1) is 6.92 Å². The quantitative estimate of drug-likeness (QED) is 0.853. The minimum absolute atomic E-state index is 0.0142. The molecule has 0 aliphatic rings. The number of nitrogens with zero attached hydrogens (tertiary/aromatic N) is 2. The van der Waals surface area contributed by atoms with Crippen LogP contribution in [-0.4, -0.2) is 27.1 Å². The summed E-state index contributed by atoms with van der Waals surface area (Å²) in [6, 6.07) is 4.41. The molecule has 21 heavy (non-hydrogen) atoms. The van der Waals surface area contributed by atoms with Gasteiger partial charge in [-0.1, -0.05) is 6.07 Å². The molecule has 2 aromatic heterocycles. The summed E-state index contributed by atoms with van der Waals surface area (Å²) in [6.45, 7) is 5.60. The van der Waals surface area contributed by atoms with E-state index in [0.717, 1.165) is 0 Å². The van der Waals surface area contributed by atoms with Crippen LogP contribution in [0.1, 0.15) is 30.5 Å². The predicted octanol–water partition coefficient (Wildman–Crippen LogP) is 2.87. The Kier molecular flexibility index (Phi) is 4.74. The SMILES string of the molecule is Cc1cc(OC(C)C)nc(NC(C(=O)O)c2cccs2)n1. The Balaban J connectivity index is 2.24. The molecule has 2 aromatic rings. The third-order valence-electron chi connectivity index (χ3n) is 2.54. The van der Waals surface area contributed by atoms with Gasteiger partial charge in [-0.05, 0) is 32.2 Å². The van der Waals surface area contributed by atoms with E-state index in [0.29, 0.717) is 16.5 Å². The molecule has 0 spiro atoms. The van der Waals surface area contributed by atoms with Gasteiger partial charge in [-0.2, -0.15) is 4.98 Å². The smallest absolute Gasteiger partial charge is 0.331 e. The van der Waals surface area contributed by atoms with Crippen molar-refractivity contribution >= 4 is 23.3 Å². The molecule has 2 heterocycles. The highest BCUT2D eigenvalue weighted by Crippen LogP contribution is 2.23. The van der Waals surface area contributed by atoms with Gasteiger partial charge in [0.1, 0.15) is 0 Å². The monoisotopic (exact) mass is 307 g/mol. The fraction of sp³-hybridized carbons (Fsp3) is 0.357. The second-order valence-corrected chi connectivity index (χ2v) is 5.75. The largest absolute Gasteiger partial charge is 0.479 e. The van der Waals surface area contributed by atoms with Gasteiger partial charge >= 0.3 is 5.97 Å². The van der Waals surface area contributed by atoms with Gasteiger partial charge in [-0.3, -0.25) is 0 Å². The van der Waals surface area contributed by atoms with E-state index in [1.807, 2.05) is 25.3 Å². The van der Waals surface area contributed by atoms with Crippen LogP contribution < -0.4 is 10.1 Å². The second kappa shape index (κ2) is 6.53. The Hall–Kier alpha value is -2.15. The first-order valence-electron chi connectivity index (χ1n) is 6.51. The number of thiophene rings is 1. The molecule has 0 aliphatic heterocycles. The minimum atomic E-state index is -0.978. The Bertz CT molecular complexity index is 614. The topological polar surface area (TPSA) is 84.3 Å². The number of carboxylic acids is 1. The van der Waals surface area contributed by atoms with Gasteiger partial charge in [0.25, 0.3) is 0 Å². The summed E-state index contributed by atoms with van der Waals surface area (Å²) in [5.74, 6) is -0.310. The highest BCUT2D eigenvalue weighted by atomic mass is 32.1. The molecule has 1 atom stereocenters. The summed E-state index contributed by atoms with van der Waals surface area (Å²) in [5, 5.41) is 14.0. The van der Waals surface area contributed by atoms with E-state index in [-0.39, 0.29) is 12.1 Å². The Labute approximate surface area is 126 Å². The fourth-order valence-corrected chi connectivity index (χ4v) is 2.51. The molecular formula is C14H17N3O3S. The third-order valence-corrected chi connectivity index (χ3v) is 3.47. The number of ether oxygens (including phenoxy) is 1. The van der Waals surface area contributed by atoms with Crippen molar-refractivity contribution in [3.05, 3.63) is 34.2 Å². The fourth-order valence-electron chi connectivity index (χ4n) is 1.75. The number of anilines is 1. The van der Waals surface area contributed by atoms with Crippen LogP contribution in [0.25, 0.3) is 0 Å². The molecule has 6 nitrogen and oxygen atoms in total. The van der Waals surface area contributed by atoms with Crippen LogP contribution in [-0.2, 0) is 4.79 Å². The van der Waals surface area contributed by atoms with Gasteiger partial charge in [0.15, 0.2) is 6.04 Å². The first-order chi connectivity index (χ1) is 9.95. The van der Waals surface area contributed by atoms with E-state index in [2.05, 4.69) is 15.3 Å². The van der Waals surface area contributed by atoms with Gasteiger partial charge in [0.05, 0.1) is 6.10 Å². The Morgan fingerprint density at radius 1 is 1.43 bits per heavy atom. The lowest BCUT2D eigenvalue weighted by Gasteiger charge is -2.15. The number of carbonyl (C=O) groups is 1. The molecule has 112 valence electrons. The molecule has 0 saturated heterocycles. The summed E-state index contributed by atoms with van der Waals surface area (Å²) in [4.78, 5) is 20.5. The number of aromatic nitrogens is 2. The standard InChI is InChI=1S/C14H17N3O3S/c1-8(2)20-11-7-9(3)15-14(16-11)17-12(13(18)19)10-5-4-6-21-10/h4-8,12H,1-3H3,(H,18,19)(H,15,16,17). The lowest BCUT2D eigenvalue weighted by Crippen LogP contribution is -2.21. The van der Waals surface area contributed by atoms with Crippen molar-refractivity contribution in [1.29, 1.82) is 0 Å². The van der Waals surface area contributed by atoms with Crippen LogP contribution >= 0.6 is 11.3 Å². The first-order valence-corrected chi connectivity index (χ1v) is 7.38. The van der Waals surface area contributed by atoms with Gasteiger partial charge in [-0.25, -0.2) is 9.78 Å². The molecule has 0 aliphatic carbocycles. The molecular weight excluding hydrogens is 290 g/mol. The van der Waals surface area contributed by atoms with Crippen LogP contribution in [0.3, 0.4) is 0 Å². The first kappa shape index (κ1) is 15.2. The van der Waals surface area contributed by atoms with E-state index < -0.39 is 12.0 Å². The molecule has 0 amide bonds. The maximum absolute atomic E-state index is 11.4. The van der Waals surface area contributed by atoms with Crippen LogP contribution in [0.4, 0.5) is 5.95 Å². The van der Waals surface area contributed by atoms with Gasteiger partial charge < -0.3 is 15.2 Å². The predicted molar refractivity (Wildman–Crippen MR) is 80.9 cm³/mol. The highest BCUT2D eigenvalue weighted by molar-refractivity contribution is 7.10. The lowest BCUT2D eigenvalue weighted by molar-refractivity contribution is -0.138. The molecule has 0 radical (unpaired) electrons. The number of aryl methyl sites for hydroxylation is 1. The number of aliphatic carboxylic acids is 1. The van der Waals surface area contributed by atoms with Gasteiger partial charge in [0.2, 0.25) is 11.8 Å². The van der Waals surface area contributed by atoms with Gasteiger partial charge in [-0.15, -0.1) is 11.3 Å².